The third-order valence-corrected chi connectivity index (χ3v) is 6.66. The van der Waals surface area contributed by atoms with Crippen LogP contribution in [0.15, 0.2) is 53.4 Å². The van der Waals surface area contributed by atoms with Crippen molar-refractivity contribution in [3.8, 4) is 0 Å². The summed E-state index contributed by atoms with van der Waals surface area (Å²) in [6.07, 6.45) is 5.51. The Morgan fingerprint density at radius 2 is 1.74 bits per heavy atom. The molecule has 3 rings (SSSR count). The highest BCUT2D eigenvalue weighted by atomic mass is 35.5. The quantitative estimate of drug-likeness (QED) is 0.792. The minimum atomic E-state index is -3.70. The molecule has 5 nitrogen and oxygen atoms in total. The van der Waals surface area contributed by atoms with Crippen molar-refractivity contribution in [2.75, 3.05) is 11.8 Å². The highest BCUT2D eigenvalue weighted by Gasteiger charge is 2.24. The monoisotopic (exact) mass is 406 g/mol. The van der Waals surface area contributed by atoms with Gasteiger partial charge in [0.25, 0.3) is 15.9 Å². The topological polar surface area (TPSA) is 66.5 Å². The summed E-state index contributed by atoms with van der Waals surface area (Å²) in [4.78, 5) is 14.7. The molecule has 1 saturated carbocycles. The van der Waals surface area contributed by atoms with E-state index in [1.54, 1.807) is 42.3 Å². The van der Waals surface area contributed by atoms with Crippen molar-refractivity contribution < 1.29 is 13.2 Å². The van der Waals surface area contributed by atoms with Gasteiger partial charge in [0.15, 0.2) is 0 Å². The Morgan fingerprint density at radius 1 is 1.07 bits per heavy atom. The molecule has 0 spiro atoms. The van der Waals surface area contributed by atoms with Crippen molar-refractivity contribution in [3.63, 3.8) is 0 Å². The molecule has 0 aromatic heterocycles. The second-order valence-corrected chi connectivity index (χ2v) is 8.91. The van der Waals surface area contributed by atoms with Gasteiger partial charge in [-0.25, -0.2) is 8.42 Å². The summed E-state index contributed by atoms with van der Waals surface area (Å²) in [5.41, 5.74) is 0.702. The van der Waals surface area contributed by atoms with Gasteiger partial charge in [-0.05, 0) is 43.2 Å². The predicted octanol–water partition coefficient (Wildman–Crippen LogP) is 4.55. The molecule has 144 valence electrons. The van der Waals surface area contributed by atoms with Crippen molar-refractivity contribution in [1.82, 2.24) is 4.90 Å². The highest BCUT2D eigenvalue weighted by molar-refractivity contribution is 7.92. The molecule has 0 aliphatic heterocycles. The molecule has 0 heterocycles. The summed E-state index contributed by atoms with van der Waals surface area (Å²) < 4.78 is 27.3. The number of halogens is 1. The number of benzene rings is 2. The Labute approximate surface area is 165 Å². The van der Waals surface area contributed by atoms with Crippen LogP contribution in [0.3, 0.4) is 0 Å². The highest BCUT2D eigenvalue weighted by Crippen LogP contribution is 2.27. The van der Waals surface area contributed by atoms with Gasteiger partial charge in [-0.1, -0.05) is 49.1 Å². The molecule has 7 heteroatoms. The molecule has 0 bridgehead atoms. The lowest BCUT2D eigenvalue weighted by atomic mass is 9.94. The maximum Gasteiger partial charge on any atom is 0.261 e. The second-order valence-electron chi connectivity index (χ2n) is 6.82. The number of sulfonamides is 1. The molecule has 1 fully saturated rings. The van der Waals surface area contributed by atoms with Crippen LogP contribution in [0.5, 0.6) is 0 Å². The smallest absolute Gasteiger partial charge is 0.261 e. The third-order valence-electron chi connectivity index (χ3n) is 4.95. The van der Waals surface area contributed by atoms with E-state index in [1.807, 2.05) is 0 Å². The molecule has 0 atom stereocenters. The fourth-order valence-corrected chi connectivity index (χ4v) is 4.72. The molecule has 0 saturated heterocycles. The van der Waals surface area contributed by atoms with E-state index >= 15 is 0 Å². The zero-order valence-electron chi connectivity index (χ0n) is 15.2. The molecule has 0 radical (unpaired) electrons. The summed E-state index contributed by atoms with van der Waals surface area (Å²) >= 11 is 6.30. The van der Waals surface area contributed by atoms with E-state index in [1.165, 1.54) is 24.6 Å². The van der Waals surface area contributed by atoms with Gasteiger partial charge in [0.1, 0.15) is 0 Å². The van der Waals surface area contributed by atoms with Crippen molar-refractivity contribution in [3.05, 3.63) is 59.1 Å². The van der Waals surface area contributed by atoms with E-state index in [9.17, 15) is 13.2 Å². The Kier molecular flexibility index (Phi) is 6.07. The number of nitrogens with zero attached hydrogens (tertiary/aromatic N) is 1. The molecular weight excluding hydrogens is 384 g/mol. The van der Waals surface area contributed by atoms with Crippen molar-refractivity contribution in [2.24, 2.45) is 0 Å². The van der Waals surface area contributed by atoms with Crippen LogP contribution in [0.25, 0.3) is 0 Å². The van der Waals surface area contributed by atoms with Gasteiger partial charge in [0.05, 0.1) is 21.2 Å². The normalized spacial score (nSPS) is 15.3. The third kappa shape index (κ3) is 4.62. The molecule has 1 aliphatic rings. The van der Waals surface area contributed by atoms with Crippen LogP contribution in [0.1, 0.15) is 42.5 Å². The van der Waals surface area contributed by atoms with Crippen LogP contribution in [-0.2, 0) is 10.0 Å². The standard InChI is InChI=1S/C20H23ClN2O3S/c1-23(16-8-4-2-5-9-16)20(24)18-13-12-15(14-19(18)21)22-27(25,26)17-10-6-3-7-11-17/h3,6-7,10-14,16,22H,2,4-5,8-9H2,1H3. The van der Waals surface area contributed by atoms with Crippen LogP contribution in [0, 0.1) is 0 Å². The van der Waals surface area contributed by atoms with Gasteiger partial charge in [0, 0.05) is 13.1 Å². The minimum absolute atomic E-state index is 0.135. The lowest BCUT2D eigenvalue weighted by Crippen LogP contribution is -2.38. The fraction of sp³-hybridized carbons (Fsp3) is 0.350. The van der Waals surface area contributed by atoms with E-state index < -0.39 is 10.0 Å². The summed E-state index contributed by atoms with van der Waals surface area (Å²) in [6.45, 7) is 0. The van der Waals surface area contributed by atoms with E-state index in [0.717, 1.165) is 25.7 Å². The van der Waals surface area contributed by atoms with Crippen molar-refractivity contribution in [1.29, 1.82) is 0 Å². The van der Waals surface area contributed by atoms with Gasteiger partial charge in [-0.2, -0.15) is 0 Å². The SMILES string of the molecule is CN(C(=O)c1ccc(NS(=O)(=O)c2ccccc2)cc1Cl)C1CCCCC1. The maximum atomic E-state index is 12.8. The van der Waals surface area contributed by atoms with Gasteiger partial charge < -0.3 is 4.90 Å². The first kappa shape index (κ1) is 19.7. The summed E-state index contributed by atoms with van der Waals surface area (Å²) in [5, 5.41) is 0.232. The Hall–Kier alpha value is -2.05. The van der Waals surface area contributed by atoms with Crippen molar-refractivity contribution >= 4 is 33.2 Å². The largest absolute Gasteiger partial charge is 0.339 e. The average molecular weight is 407 g/mol. The average Bonchev–Trinajstić information content (AvgIpc) is 2.68. The fourth-order valence-electron chi connectivity index (χ4n) is 3.39. The van der Waals surface area contributed by atoms with Crippen LogP contribution in [0.4, 0.5) is 5.69 Å². The lowest BCUT2D eigenvalue weighted by Gasteiger charge is -2.31. The molecule has 1 aliphatic carbocycles. The van der Waals surface area contributed by atoms with Gasteiger partial charge in [0.2, 0.25) is 0 Å². The number of amides is 1. The van der Waals surface area contributed by atoms with E-state index in [2.05, 4.69) is 4.72 Å². The van der Waals surface area contributed by atoms with Crippen LogP contribution in [-0.4, -0.2) is 32.3 Å². The first-order valence-electron chi connectivity index (χ1n) is 9.03. The summed E-state index contributed by atoms with van der Waals surface area (Å²) in [6, 6.07) is 12.9. The molecule has 27 heavy (non-hydrogen) atoms. The van der Waals surface area contributed by atoms with Gasteiger partial charge in [-0.3, -0.25) is 9.52 Å². The molecule has 2 aromatic carbocycles. The number of hydrogen-bond acceptors (Lipinski definition) is 3. The zero-order chi connectivity index (χ0) is 19.4. The number of nitrogens with one attached hydrogen (secondary N) is 1. The van der Waals surface area contributed by atoms with E-state index in [-0.39, 0.29) is 21.9 Å². The Morgan fingerprint density at radius 3 is 2.37 bits per heavy atom. The second kappa shape index (κ2) is 8.31. The Balaban J connectivity index is 1.76. The van der Waals surface area contributed by atoms with E-state index in [4.69, 9.17) is 11.6 Å². The maximum absolute atomic E-state index is 12.8. The first-order valence-corrected chi connectivity index (χ1v) is 10.9. The van der Waals surface area contributed by atoms with E-state index in [0.29, 0.717) is 11.3 Å². The van der Waals surface area contributed by atoms with Gasteiger partial charge >= 0.3 is 0 Å². The lowest BCUT2D eigenvalue weighted by molar-refractivity contribution is 0.0696. The Bertz CT molecular complexity index is 910. The van der Waals surface area contributed by atoms with Crippen LogP contribution in [0.2, 0.25) is 5.02 Å². The molecule has 1 amide bonds. The number of carbonyl (C=O) groups is 1. The minimum Gasteiger partial charge on any atom is -0.339 e. The number of rotatable bonds is 5. The van der Waals surface area contributed by atoms with Crippen LogP contribution < -0.4 is 4.72 Å². The summed E-state index contributed by atoms with van der Waals surface area (Å²) in [7, 11) is -1.89. The predicted molar refractivity (Wildman–Crippen MR) is 108 cm³/mol. The number of hydrogen-bond donors (Lipinski definition) is 1. The van der Waals surface area contributed by atoms with Crippen LogP contribution >= 0.6 is 11.6 Å². The molecular formula is C20H23ClN2O3S. The summed E-state index contributed by atoms with van der Waals surface area (Å²) in [5.74, 6) is -0.135. The van der Waals surface area contributed by atoms with Crippen molar-refractivity contribution in [2.45, 2.75) is 43.0 Å². The number of anilines is 1. The molecule has 0 unspecified atom stereocenters. The zero-order valence-corrected chi connectivity index (χ0v) is 16.8. The molecule has 1 N–H and O–H groups in total. The van der Waals surface area contributed by atoms with Gasteiger partial charge in [-0.15, -0.1) is 0 Å². The first-order chi connectivity index (χ1) is 12.9. The number of carbonyl (C=O) groups excluding carboxylic acids is 1. The molecule has 2 aromatic rings.